The fraction of sp³-hybridized carbons (Fsp3) is 0.269. The number of hydrogen-bond donors (Lipinski definition) is 4. The van der Waals surface area contributed by atoms with Gasteiger partial charge >= 0.3 is 12.0 Å². The molecular formula is C26H24Cl2FN3O4S. The molecule has 0 spiro atoms. The molecule has 4 rings (SSSR count). The van der Waals surface area contributed by atoms with E-state index in [1.165, 1.54) is 12.1 Å². The number of carboxylic acids is 1. The number of thiophene rings is 1. The molecule has 1 aromatic heterocycles. The zero-order valence-corrected chi connectivity index (χ0v) is 21.9. The summed E-state index contributed by atoms with van der Waals surface area (Å²) in [6.45, 7) is 0. The molecule has 1 atom stereocenters. The predicted molar refractivity (Wildman–Crippen MR) is 144 cm³/mol. The van der Waals surface area contributed by atoms with Crippen LogP contribution in [0.25, 0.3) is 10.4 Å². The van der Waals surface area contributed by atoms with Crippen molar-refractivity contribution < 1.29 is 23.9 Å². The van der Waals surface area contributed by atoms with Crippen LogP contribution in [0.5, 0.6) is 0 Å². The maximum absolute atomic E-state index is 13.5. The molecule has 1 heterocycles. The van der Waals surface area contributed by atoms with E-state index in [0.29, 0.717) is 23.3 Å². The van der Waals surface area contributed by atoms with E-state index < -0.39 is 29.8 Å². The quantitative estimate of drug-likeness (QED) is 0.242. The fourth-order valence-corrected chi connectivity index (χ4v) is 5.89. The molecule has 3 aromatic rings. The zero-order valence-electron chi connectivity index (χ0n) is 19.5. The van der Waals surface area contributed by atoms with Crippen molar-refractivity contribution in [2.24, 2.45) is 5.92 Å². The van der Waals surface area contributed by atoms with Gasteiger partial charge in [-0.2, -0.15) is 0 Å². The van der Waals surface area contributed by atoms with Crippen molar-refractivity contribution in [3.63, 3.8) is 0 Å². The van der Waals surface area contributed by atoms with E-state index in [1.807, 2.05) is 0 Å². The standard InChI is InChI=1S/C26H24Cl2FN3O4S/c27-18-7-4-8-19(28)22(18)31-26(36)32-24-17(13-20(37-24)14-9-11-16(29)12-10-14)23(33)30-21(25(34)35)15-5-2-1-3-6-15/h4,7-13,15,21H,1-3,5-6H2,(H,30,33)(H,34,35)(H2,31,32,36)/t21-/m0/s1. The summed E-state index contributed by atoms with van der Waals surface area (Å²) in [5, 5.41) is 18.3. The Kier molecular flexibility index (Phi) is 8.68. The number of amides is 3. The Morgan fingerprint density at radius 2 is 1.62 bits per heavy atom. The summed E-state index contributed by atoms with van der Waals surface area (Å²) in [6.07, 6.45) is 4.30. The van der Waals surface area contributed by atoms with Crippen LogP contribution in [0.2, 0.25) is 10.0 Å². The molecule has 0 bridgehead atoms. The van der Waals surface area contributed by atoms with Crippen LogP contribution in [-0.4, -0.2) is 29.1 Å². The molecule has 1 aliphatic rings. The summed E-state index contributed by atoms with van der Waals surface area (Å²) < 4.78 is 13.5. The van der Waals surface area contributed by atoms with Gasteiger partial charge in [0.2, 0.25) is 0 Å². The number of urea groups is 1. The summed E-state index contributed by atoms with van der Waals surface area (Å²) in [4.78, 5) is 38.7. The number of aliphatic carboxylic acids is 1. The lowest BCUT2D eigenvalue weighted by molar-refractivity contribution is -0.141. The van der Waals surface area contributed by atoms with E-state index in [2.05, 4.69) is 16.0 Å². The Bertz CT molecular complexity index is 1290. The molecule has 7 nitrogen and oxygen atoms in total. The van der Waals surface area contributed by atoms with Crippen LogP contribution in [0.4, 0.5) is 19.9 Å². The highest BCUT2D eigenvalue weighted by Gasteiger charge is 2.32. The Hall–Kier alpha value is -3.14. The van der Waals surface area contributed by atoms with Gasteiger partial charge in [-0.15, -0.1) is 11.3 Å². The minimum atomic E-state index is -1.10. The monoisotopic (exact) mass is 563 g/mol. The third-order valence-electron chi connectivity index (χ3n) is 6.21. The summed E-state index contributed by atoms with van der Waals surface area (Å²) in [7, 11) is 0. The van der Waals surface area contributed by atoms with Gasteiger partial charge in [0, 0.05) is 4.88 Å². The number of nitrogens with one attached hydrogen (secondary N) is 3. The third kappa shape index (κ3) is 6.60. The van der Waals surface area contributed by atoms with E-state index in [4.69, 9.17) is 23.2 Å². The molecule has 0 radical (unpaired) electrons. The number of para-hydroxylation sites is 1. The normalized spacial score (nSPS) is 14.6. The topological polar surface area (TPSA) is 108 Å². The second-order valence-corrected chi connectivity index (χ2v) is 10.6. The second kappa shape index (κ2) is 11.9. The summed E-state index contributed by atoms with van der Waals surface area (Å²) in [5.41, 5.74) is 0.921. The van der Waals surface area contributed by atoms with Crippen molar-refractivity contribution in [3.05, 3.63) is 70.0 Å². The molecular weight excluding hydrogens is 540 g/mol. The van der Waals surface area contributed by atoms with Crippen molar-refractivity contribution in [2.45, 2.75) is 38.1 Å². The van der Waals surface area contributed by atoms with Crippen LogP contribution in [0, 0.1) is 11.7 Å². The molecule has 4 N–H and O–H groups in total. The van der Waals surface area contributed by atoms with Gasteiger partial charge in [-0.25, -0.2) is 14.0 Å². The highest BCUT2D eigenvalue weighted by Crippen LogP contribution is 2.37. The molecule has 11 heteroatoms. The molecule has 2 aromatic carbocycles. The van der Waals surface area contributed by atoms with Crippen LogP contribution in [0.3, 0.4) is 0 Å². The summed E-state index contributed by atoms with van der Waals surface area (Å²) in [5.74, 6) is -2.32. The van der Waals surface area contributed by atoms with Crippen molar-refractivity contribution in [1.29, 1.82) is 0 Å². The molecule has 0 unspecified atom stereocenters. The molecule has 0 aliphatic heterocycles. The summed E-state index contributed by atoms with van der Waals surface area (Å²) in [6, 6.07) is 10.3. The van der Waals surface area contributed by atoms with Gasteiger partial charge in [-0.05, 0) is 54.7 Å². The first-order chi connectivity index (χ1) is 17.7. The number of hydrogen-bond acceptors (Lipinski definition) is 4. The lowest BCUT2D eigenvalue weighted by Gasteiger charge is -2.28. The maximum atomic E-state index is 13.5. The first-order valence-corrected chi connectivity index (χ1v) is 13.3. The van der Waals surface area contributed by atoms with Gasteiger partial charge in [0.1, 0.15) is 16.9 Å². The number of carbonyl (C=O) groups excluding carboxylic acids is 2. The second-order valence-electron chi connectivity index (χ2n) is 8.72. The average Bonchev–Trinajstić information content (AvgIpc) is 3.29. The maximum Gasteiger partial charge on any atom is 0.326 e. The Labute approximate surface area is 227 Å². The number of halogens is 3. The van der Waals surface area contributed by atoms with Crippen LogP contribution < -0.4 is 16.0 Å². The summed E-state index contributed by atoms with van der Waals surface area (Å²) >= 11 is 13.4. The van der Waals surface area contributed by atoms with Crippen LogP contribution in [0.1, 0.15) is 42.5 Å². The Morgan fingerprint density at radius 1 is 0.973 bits per heavy atom. The van der Waals surface area contributed by atoms with E-state index in [-0.39, 0.29) is 32.2 Å². The first-order valence-electron chi connectivity index (χ1n) is 11.7. The van der Waals surface area contributed by atoms with Gasteiger partial charge in [-0.3, -0.25) is 10.1 Å². The van der Waals surface area contributed by atoms with Gasteiger partial charge in [0.25, 0.3) is 5.91 Å². The fourth-order valence-electron chi connectivity index (χ4n) is 4.34. The van der Waals surface area contributed by atoms with Crippen LogP contribution in [0.15, 0.2) is 48.5 Å². The molecule has 3 amide bonds. The Morgan fingerprint density at radius 3 is 2.24 bits per heavy atom. The minimum Gasteiger partial charge on any atom is -0.480 e. The molecule has 37 heavy (non-hydrogen) atoms. The Balaban J connectivity index is 1.62. The van der Waals surface area contributed by atoms with Crippen molar-refractivity contribution in [3.8, 4) is 10.4 Å². The van der Waals surface area contributed by atoms with Gasteiger partial charge < -0.3 is 15.7 Å². The van der Waals surface area contributed by atoms with E-state index in [9.17, 15) is 23.9 Å². The first kappa shape index (κ1) is 26.9. The van der Waals surface area contributed by atoms with Crippen molar-refractivity contribution >= 4 is 63.1 Å². The smallest absolute Gasteiger partial charge is 0.326 e. The molecule has 1 saturated carbocycles. The predicted octanol–water partition coefficient (Wildman–Crippen LogP) is 7.27. The number of anilines is 2. The minimum absolute atomic E-state index is 0.0896. The molecule has 1 fully saturated rings. The van der Waals surface area contributed by atoms with Gasteiger partial charge in [0.15, 0.2) is 0 Å². The van der Waals surface area contributed by atoms with Gasteiger partial charge in [0.05, 0.1) is 21.3 Å². The van der Waals surface area contributed by atoms with Crippen LogP contribution in [-0.2, 0) is 4.79 Å². The number of rotatable bonds is 7. The zero-order chi connectivity index (χ0) is 26.5. The van der Waals surface area contributed by atoms with Gasteiger partial charge in [-0.1, -0.05) is 60.7 Å². The van der Waals surface area contributed by atoms with E-state index in [1.54, 1.807) is 36.4 Å². The van der Waals surface area contributed by atoms with E-state index in [0.717, 1.165) is 30.6 Å². The highest BCUT2D eigenvalue weighted by atomic mass is 35.5. The lowest BCUT2D eigenvalue weighted by Crippen LogP contribution is -2.46. The largest absolute Gasteiger partial charge is 0.480 e. The number of carboxylic acid groups (broad SMARTS) is 1. The molecule has 194 valence electrons. The average molecular weight is 564 g/mol. The van der Waals surface area contributed by atoms with Crippen LogP contribution >= 0.6 is 34.5 Å². The van der Waals surface area contributed by atoms with Crippen molar-refractivity contribution in [1.82, 2.24) is 5.32 Å². The third-order valence-corrected chi connectivity index (χ3v) is 7.94. The lowest BCUT2D eigenvalue weighted by atomic mass is 9.84. The SMILES string of the molecule is O=C(Nc1sc(-c2ccc(F)cc2)cc1C(=O)N[C@H](C(=O)O)C1CCCCC1)Nc1c(Cl)cccc1Cl. The van der Waals surface area contributed by atoms with Crippen molar-refractivity contribution in [2.75, 3.05) is 10.6 Å². The molecule has 0 saturated heterocycles. The van der Waals surface area contributed by atoms with E-state index >= 15 is 0 Å². The molecule has 1 aliphatic carbocycles. The number of carbonyl (C=O) groups is 3. The number of benzene rings is 2. The highest BCUT2D eigenvalue weighted by molar-refractivity contribution is 7.20.